The molecule has 0 saturated heterocycles. The summed E-state index contributed by atoms with van der Waals surface area (Å²) in [6.45, 7) is 5.42. The molecule has 0 amide bonds. The summed E-state index contributed by atoms with van der Waals surface area (Å²) in [6.07, 6.45) is 4.97. The summed E-state index contributed by atoms with van der Waals surface area (Å²) in [7, 11) is 0. The van der Waals surface area contributed by atoms with Crippen molar-refractivity contribution in [3.05, 3.63) is 16.9 Å². The quantitative estimate of drug-likeness (QED) is 0.740. The van der Waals surface area contributed by atoms with E-state index in [0.29, 0.717) is 36.1 Å². The third kappa shape index (κ3) is 3.82. The highest BCUT2D eigenvalue weighted by atomic mass is 35.5. The van der Waals surface area contributed by atoms with Gasteiger partial charge in [0.25, 0.3) is 0 Å². The summed E-state index contributed by atoms with van der Waals surface area (Å²) in [5.41, 5.74) is 6.10. The fourth-order valence-corrected chi connectivity index (χ4v) is 2.37. The molecule has 0 bridgehead atoms. The van der Waals surface area contributed by atoms with E-state index in [1.165, 1.54) is 6.20 Å². The summed E-state index contributed by atoms with van der Waals surface area (Å²) in [6, 6.07) is 0. The lowest BCUT2D eigenvalue weighted by atomic mass is 9.95. The Bertz CT molecular complexity index is 390. The van der Waals surface area contributed by atoms with E-state index >= 15 is 0 Å². The van der Waals surface area contributed by atoms with Crippen molar-refractivity contribution in [1.82, 2.24) is 9.78 Å². The molecule has 0 radical (unpaired) electrons. The zero-order valence-electron chi connectivity index (χ0n) is 11.2. The van der Waals surface area contributed by atoms with Gasteiger partial charge in [-0.15, -0.1) is 0 Å². The third-order valence-electron chi connectivity index (χ3n) is 3.29. The van der Waals surface area contributed by atoms with E-state index in [2.05, 4.69) is 12.0 Å². The molecule has 1 aromatic rings. The molecule has 1 rings (SSSR count). The van der Waals surface area contributed by atoms with Crippen LogP contribution in [0.1, 0.15) is 50.0 Å². The van der Waals surface area contributed by atoms with Crippen molar-refractivity contribution in [2.75, 3.05) is 6.54 Å². The first kappa shape index (κ1) is 15.2. The fourth-order valence-electron chi connectivity index (χ4n) is 2.12. The number of rotatable bonds is 8. The minimum Gasteiger partial charge on any atom is -0.330 e. The maximum Gasteiger partial charge on any atom is 0.182 e. The molecule has 1 unspecified atom stereocenters. The van der Waals surface area contributed by atoms with Crippen molar-refractivity contribution in [1.29, 1.82) is 0 Å². The normalized spacial score (nSPS) is 12.7. The van der Waals surface area contributed by atoms with Gasteiger partial charge in [0.15, 0.2) is 5.78 Å². The van der Waals surface area contributed by atoms with Crippen LogP contribution in [0.3, 0.4) is 0 Å². The first-order valence-electron chi connectivity index (χ1n) is 6.58. The Hall–Kier alpha value is -0.870. The molecule has 0 aromatic carbocycles. The molecule has 18 heavy (non-hydrogen) atoms. The highest BCUT2D eigenvalue weighted by Gasteiger charge is 2.17. The van der Waals surface area contributed by atoms with Crippen molar-refractivity contribution in [3.63, 3.8) is 0 Å². The van der Waals surface area contributed by atoms with E-state index in [-0.39, 0.29) is 5.78 Å². The van der Waals surface area contributed by atoms with Gasteiger partial charge in [0.1, 0.15) is 5.69 Å². The zero-order chi connectivity index (χ0) is 13.5. The molecule has 4 nitrogen and oxygen atoms in total. The molecular formula is C13H22ClN3O. The number of hydrogen-bond donors (Lipinski definition) is 1. The molecule has 1 heterocycles. The SMILES string of the molecule is CCC(CCN)CCC(=O)c1c(Cl)cnn1CC. The number of ketones is 1. The van der Waals surface area contributed by atoms with Gasteiger partial charge in [-0.2, -0.15) is 5.10 Å². The first-order chi connectivity index (χ1) is 8.63. The second kappa shape index (κ2) is 7.54. The second-order valence-corrected chi connectivity index (χ2v) is 4.88. The Labute approximate surface area is 113 Å². The number of Topliss-reactive ketones (excluding diaryl/α,β-unsaturated/α-hetero) is 1. The summed E-state index contributed by atoms with van der Waals surface area (Å²) in [5.74, 6) is 0.602. The summed E-state index contributed by atoms with van der Waals surface area (Å²) in [5, 5.41) is 4.54. The Morgan fingerprint density at radius 1 is 1.50 bits per heavy atom. The van der Waals surface area contributed by atoms with Crippen molar-refractivity contribution in [2.24, 2.45) is 11.7 Å². The van der Waals surface area contributed by atoms with Crippen molar-refractivity contribution >= 4 is 17.4 Å². The van der Waals surface area contributed by atoms with Crippen LogP contribution >= 0.6 is 11.6 Å². The molecule has 1 atom stereocenters. The standard InChI is InChI=1S/C13H22ClN3O/c1-3-10(7-8-15)5-6-12(18)13-11(14)9-16-17(13)4-2/h9-10H,3-8,15H2,1-2H3. The molecule has 5 heteroatoms. The highest BCUT2D eigenvalue weighted by Crippen LogP contribution is 2.21. The average molecular weight is 272 g/mol. The van der Waals surface area contributed by atoms with Crippen molar-refractivity contribution in [3.8, 4) is 0 Å². The fraction of sp³-hybridized carbons (Fsp3) is 0.692. The number of hydrogen-bond acceptors (Lipinski definition) is 3. The summed E-state index contributed by atoms with van der Waals surface area (Å²) in [4.78, 5) is 12.2. The molecule has 0 saturated carbocycles. The van der Waals surface area contributed by atoms with E-state index in [9.17, 15) is 4.79 Å². The summed E-state index contributed by atoms with van der Waals surface area (Å²) >= 11 is 6.00. The smallest absolute Gasteiger partial charge is 0.182 e. The van der Waals surface area contributed by atoms with Gasteiger partial charge in [-0.1, -0.05) is 24.9 Å². The van der Waals surface area contributed by atoms with E-state index < -0.39 is 0 Å². The lowest BCUT2D eigenvalue weighted by molar-refractivity contribution is 0.0962. The van der Waals surface area contributed by atoms with Gasteiger partial charge in [0, 0.05) is 13.0 Å². The van der Waals surface area contributed by atoms with Crippen LogP contribution in [0.25, 0.3) is 0 Å². The van der Waals surface area contributed by atoms with Gasteiger partial charge in [-0.25, -0.2) is 0 Å². The number of nitrogens with two attached hydrogens (primary N) is 1. The lowest BCUT2D eigenvalue weighted by Gasteiger charge is -2.13. The van der Waals surface area contributed by atoms with E-state index in [4.69, 9.17) is 17.3 Å². The molecule has 0 spiro atoms. The van der Waals surface area contributed by atoms with Gasteiger partial charge in [0.05, 0.1) is 11.2 Å². The van der Waals surface area contributed by atoms with Crippen LogP contribution in [0.15, 0.2) is 6.20 Å². The van der Waals surface area contributed by atoms with Crippen LogP contribution in [0.2, 0.25) is 5.02 Å². The van der Waals surface area contributed by atoms with E-state index in [1.807, 2.05) is 6.92 Å². The Balaban J connectivity index is 2.62. The number of carbonyl (C=O) groups is 1. The largest absolute Gasteiger partial charge is 0.330 e. The number of aromatic nitrogens is 2. The van der Waals surface area contributed by atoms with E-state index in [1.54, 1.807) is 4.68 Å². The van der Waals surface area contributed by atoms with Gasteiger partial charge < -0.3 is 5.73 Å². The van der Waals surface area contributed by atoms with Gasteiger partial charge in [-0.05, 0) is 32.2 Å². The molecule has 0 aliphatic heterocycles. The van der Waals surface area contributed by atoms with E-state index in [0.717, 1.165) is 19.3 Å². The first-order valence-corrected chi connectivity index (χ1v) is 6.96. The van der Waals surface area contributed by atoms with Crippen LogP contribution in [-0.2, 0) is 6.54 Å². The zero-order valence-corrected chi connectivity index (χ0v) is 11.9. The minimum atomic E-state index is 0.0785. The number of aryl methyl sites for hydroxylation is 1. The topological polar surface area (TPSA) is 60.9 Å². The molecule has 0 aliphatic rings. The predicted molar refractivity (Wildman–Crippen MR) is 73.9 cm³/mol. The monoisotopic (exact) mass is 271 g/mol. The summed E-state index contributed by atoms with van der Waals surface area (Å²) < 4.78 is 1.66. The van der Waals surface area contributed by atoms with Crippen molar-refractivity contribution < 1.29 is 4.79 Å². The van der Waals surface area contributed by atoms with Crippen LogP contribution in [0, 0.1) is 5.92 Å². The molecule has 102 valence electrons. The minimum absolute atomic E-state index is 0.0785. The average Bonchev–Trinajstić information content (AvgIpc) is 2.75. The van der Waals surface area contributed by atoms with Crippen molar-refractivity contribution in [2.45, 2.75) is 46.1 Å². The molecular weight excluding hydrogens is 250 g/mol. The maximum atomic E-state index is 12.2. The van der Waals surface area contributed by atoms with Crippen LogP contribution in [-0.4, -0.2) is 22.1 Å². The number of halogens is 1. The Morgan fingerprint density at radius 2 is 2.22 bits per heavy atom. The molecule has 1 aromatic heterocycles. The number of nitrogens with zero attached hydrogens (tertiary/aromatic N) is 2. The third-order valence-corrected chi connectivity index (χ3v) is 3.57. The van der Waals surface area contributed by atoms with Crippen LogP contribution < -0.4 is 5.73 Å². The Morgan fingerprint density at radius 3 is 2.78 bits per heavy atom. The maximum absolute atomic E-state index is 12.2. The lowest BCUT2D eigenvalue weighted by Crippen LogP contribution is -2.13. The molecule has 0 aliphatic carbocycles. The van der Waals surface area contributed by atoms with Gasteiger partial charge >= 0.3 is 0 Å². The molecule has 0 fully saturated rings. The predicted octanol–water partition coefficient (Wildman–Crippen LogP) is 2.89. The van der Waals surface area contributed by atoms with Gasteiger partial charge in [-0.3, -0.25) is 9.48 Å². The highest BCUT2D eigenvalue weighted by molar-refractivity contribution is 6.33. The number of carbonyl (C=O) groups excluding carboxylic acids is 1. The Kier molecular flexibility index (Phi) is 6.36. The van der Waals surface area contributed by atoms with Gasteiger partial charge in [0.2, 0.25) is 0 Å². The second-order valence-electron chi connectivity index (χ2n) is 4.47. The van der Waals surface area contributed by atoms with Crippen LogP contribution in [0.4, 0.5) is 0 Å². The van der Waals surface area contributed by atoms with Crippen LogP contribution in [0.5, 0.6) is 0 Å². The molecule has 2 N–H and O–H groups in total.